The third kappa shape index (κ3) is 0.835. The van der Waals surface area contributed by atoms with E-state index in [1.165, 1.54) is 0 Å². The first-order valence-electron chi connectivity index (χ1n) is 3.42. The first-order chi connectivity index (χ1) is 5.29. The van der Waals surface area contributed by atoms with Crippen LogP contribution in [0.5, 0.6) is 5.75 Å². The van der Waals surface area contributed by atoms with E-state index in [1.807, 2.05) is 24.3 Å². The summed E-state index contributed by atoms with van der Waals surface area (Å²) >= 11 is 0. The summed E-state index contributed by atoms with van der Waals surface area (Å²) in [6.07, 6.45) is -0.647. The van der Waals surface area contributed by atoms with Crippen LogP contribution in [0.4, 0.5) is 0 Å². The molecule has 1 aliphatic rings. The van der Waals surface area contributed by atoms with Gasteiger partial charge >= 0.3 is 0 Å². The average Bonchev–Trinajstić information content (AvgIpc) is 2.30. The molecule has 2 rings (SSSR count). The van der Waals surface area contributed by atoms with E-state index in [1.54, 1.807) is 0 Å². The summed E-state index contributed by atoms with van der Waals surface area (Å²) in [5, 5.41) is 9.43. The molecule has 1 heterocycles. The SMILES string of the molecule is C=C1Oc2ccccc2C1O. The van der Waals surface area contributed by atoms with Gasteiger partial charge in [-0.1, -0.05) is 24.8 Å². The molecule has 0 saturated heterocycles. The molecule has 0 radical (unpaired) electrons. The fourth-order valence-electron chi connectivity index (χ4n) is 1.17. The summed E-state index contributed by atoms with van der Waals surface area (Å²) in [6.45, 7) is 3.58. The van der Waals surface area contributed by atoms with Gasteiger partial charge in [-0.2, -0.15) is 0 Å². The normalized spacial score (nSPS) is 21.2. The van der Waals surface area contributed by atoms with Crippen molar-refractivity contribution >= 4 is 0 Å². The van der Waals surface area contributed by atoms with Crippen LogP contribution in [0.15, 0.2) is 36.6 Å². The van der Waals surface area contributed by atoms with E-state index in [4.69, 9.17) is 4.74 Å². The molecule has 1 unspecified atom stereocenters. The maximum Gasteiger partial charge on any atom is 0.140 e. The van der Waals surface area contributed by atoms with E-state index >= 15 is 0 Å². The Balaban J connectivity index is 2.55. The molecular weight excluding hydrogens is 140 g/mol. The lowest BCUT2D eigenvalue weighted by atomic mass is 10.1. The summed E-state index contributed by atoms with van der Waals surface area (Å²) in [4.78, 5) is 0. The lowest BCUT2D eigenvalue weighted by Crippen LogP contribution is -1.93. The van der Waals surface area contributed by atoms with Gasteiger partial charge in [-0.05, 0) is 6.07 Å². The zero-order chi connectivity index (χ0) is 7.84. The Kier molecular flexibility index (Phi) is 1.23. The van der Waals surface area contributed by atoms with Gasteiger partial charge in [0.15, 0.2) is 0 Å². The van der Waals surface area contributed by atoms with Gasteiger partial charge in [0.25, 0.3) is 0 Å². The Hall–Kier alpha value is -1.28. The van der Waals surface area contributed by atoms with Crippen LogP contribution >= 0.6 is 0 Å². The Morgan fingerprint density at radius 3 is 2.82 bits per heavy atom. The van der Waals surface area contributed by atoms with Crippen LogP contribution in [0.3, 0.4) is 0 Å². The third-order valence-electron chi connectivity index (χ3n) is 1.76. The second-order valence-corrected chi connectivity index (χ2v) is 2.51. The summed E-state index contributed by atoms with van der Waals surface area (Å²) in [6, 6.07) is 7.38. The molecule has 1 atom stereocenters. The predicted molar refractivity (Wildman–Crippen MR) is 41.2 cm³/mol. The number of benzene rings is 1. The Morgan fingerprint density at radius 2 is 2.09 bits per heavy atom. The number of aliphatic hydroxyl groups is 1. The molecule has 0 saturated carbocycles. The highest BCUT2D eigenvalue weighted by Gasteiger charge is 2.24. The molecule has 1 aromatic carbocycles. The minimum atomic E-state index is -0.647. The molecule has 56 valence electrons. The van der Waals surface area contributed by atoms with E-state index in [-0.39, 0.29) is 0 Å². The molecule has 0 amide bonds. The van der Waals surface area contributed by atoms with Crippen molar-refractivity contribution in [2.45, 2.75) is 6.10 Å². The zero-order valence-electron chi connectivity index (χ0n) is 5.95. The number of hydrogen-bond donors (Lipinski definition) is 1. The molecule has 0 spiro atoms. The molecule has 0 aromatic heterocycles. The lowest BCUT2D eigenvalue weighted by molar-refractivity contribution is 0.192. The average molecular weight is 148 g/mol. The Morgan fingerprint density at radius 1 is 1.36 bits per heavy atom. The molecule has 2 nitrogen and oxygen atoms in total. The molecular formula is C9H8O2. The van der Waals surface area contributed by atoms with Crippen LogP contribution in [-0.4, -0.2) is 5.11 Å². The second-order valence-electron chi connectivity index (χ2n) is 2.51. The van der Waals surface area contributed by atoms with Crippen LogP contribution in [0.25, 0.3) is 0 Å². The number of para-hydroxylation sites is 1. The summed E-state index contributed by atoms with van der Waals surface area (Å²) in [5.74, 6) is 1.12. The molecule has 0 fully saturated rings. The van der Waals surface area contributed by atoms with Crippen LogP contribution in [0, 0.1) is 0 Å². The van der Waals surface area contributed by atoms with Crippen LogP contribution in [0.2, 0.25) is 0 Å². The van der Waals surface area contributed by atoms with Gasteiger partial charge in [0.05, 0.1) is 0 Å². The van der Waals surface area contributed by atoms with E-state index in [0.717, 1.165) is 5.56 Å². The Bertz CT molecular complexity index is 304. The fraction of sp³-hybridized carbons (Fsp3) is 0.111. The molecule has 1 aromatic rings. The van der Waals surface area contributed by atoms with Gasteiger partial charge in [-0.3, -0.25) is 0 Å². The maximum absolute atomic E-state index is 9.43. The van der Waals surface area contributed by atoms with Crippen molar-refractivity contribution in [3.8, 4) is 5.75 Å². The van der Waals surface area contributed by atoms with Crippen molar-refractivity contribution in [1.29, 1.82) is 0 Å². The summed E-state index contributed by atoms with van der Waals surface area (Å²) < 4.78 is 5.17. The molecule has 0 bridgehead atoms. The van der Waals surface area contributed by atoms with Crippen LogP contribution in [0.1, 0.15) is 11.7 Å². The number of rotatable bonds is 0. The van der Waals surface area contributed by atoms with Gasteiger partial charge in [0, 0.05) is 5.56 Å². The number of hydrogen-bond acceptors (Lipinski definition) is 2. The minimum Gasteiger partial charge on any atom is -0.459 e. The second kappa shape index (κ2) is 2.10. The predicted octanol–water partition coefficient (Wildman–Crippen LogP) is 1.63. The Labute approximate surface area is 64.7 Å². The minimum absolute atomic E-state index is 0.409. The molecule has 11 heavy (non-hydrogen) atoms. The van der Waals surface area contributed by atoms with E-state index in [9.17, 15) is 5.11 Å². The first-order valence-corrected chi connectivity index (χ1v) is 3.42. The largest absolute Gasteiger partial charge is 0.459 e. The topological polar surface area (TPSA) is 29.5 Å². The highest BCUT2D eigenvalue weighted by atomic mass is 16.5. The number of fused-ring (bicyclic) bond motifs is 1. The van der Waals surface area contributed by atoms with Gasteiger partial charge in [-0.25, -0.2) is 0 Å². The third-order valence-corrected chi connectivity index (χ3v) is 1.76. The van der Waals surface area contributed by atoms with Crippen molar-refractivity contribution in [3.63, 3.8) is 0 Å². The van der Waals surface area contributed by atoms with Crippen molar-refractivity contribution in [2.24, 2.45) is 0 Å². The molecule has 1 N–H and O–H groups in total. The lowest BCUT2D eigenvalue weighted by Gasteiger charge is -1.97. The monoisotopic (exact) mass is 148 g/mol. The van der Waals surface area contributed by atoms with Crippen LogP contribution in [-0.2, 0) is 0 Å². The molecule has 0 aliphatic carbocycles. The van der Waals surface area contributed by atoms with Gasteiger partial charge in [-0.15, -0.1) is 0 Å². The van der Waals surface area contributed by atoms with E-state index in [2.05, 4.69) is 6.58 Å². The van der Waals surface area contributed by atoms with Gasteiger partial charge in [0.2, 0.25) is 0 Å². The maximum atomic E-state index is 9.43. The van der Waals surface area contributed by atoms with E-state index in [0.29, 0.717) is 11.5 Å². The van der Waals surface area contributed by atoms with Gasteiger partial charge < -0.3 is 9.84 Å². The first kappa shape index (κ1) is 6.43. The summed E-state index contributed by atoms with van der Waals surface area (Å²) in [5.41, 5.74) is 0.803. The van der Waals surface area contributed by atoms with Crippen molar-refractivity contribution < 1.29 is 9.84 Å². The van der Waals surface area contributed by atoms with Crippen molar-refractivity contribution in [1.82, 2.24) is 0 Å². The summed E-state index contributed by atoms with van der Waals surface area (Å²) in [7, 11) is 0. The zero-order valence-corrected chi connectivity index (χ0v) is 5.95. The number of ether oxygens (including phenoxy) is 1. The molecule has 1 aliphatic heterocycles. The highest BCUT2D eigenvalue weighted by molar-refractivity contribution is 5.43. The smallest absolute Gasteiger partial charge is 0.140 e. The quantitative estimate of drug-likeness (QED) is 0.605. The number of aliphatic hydroxyl groups excluding tert-OH is 1. The van der Waals surface area contributed by atoms with Crippen LogP contribution < -0.4 is 4.74 Å². The van der Waals surface area contributed by atoms with Crippen molar-refractivity contribution in [2.75, 3.05) is 0 Å². The highest BCUT2D eigenvalue weighted by Crippen LogP contribution is 2.37. The standard InChI is InChI=1S/C9H8O2/c1-6-9(10)7-4-2-3-5-8(7)11-6/h2-5,9-10H,1H2. The van der Waals surface area contributed by atoms with Gasteiger partial charge in [0.1, 0.15) is 17.6 Å². The van der Waals surface area contributed by atoms with E-state index < -0.39 is 6.10 Å². The van der Waals surface area contributed by atoms with Crippen molar-refractivity contribution in [3.05, 3.63) is 42.2 Å². The molecule has 2 heteroatoms. The fourth-order valence-corrected chi connectivity index (χ4v) is 1.17.